The molecule has 1 aromatic heterocycles. The molecular formula is C11H13NO. The van der Waals surface area contributed by atoms with Gasteiger partial charge in [-0.3, -0.25) is 0 Å². The van der Waals surface area contributed by atoms with Crippen LogP contribution in [-0.4, -0.2) is 12.1 Å². The third kappa shape index (κ3) is 1.78. The van der Waals surface area contributed by atoms with Crippen LogP contribution in [0.15, 0.2) is 36.4 Å². The predicted molar refractivity (Wildman–Crippen MR) is 55.0 cm³/mol. The van der Waals surface area contributed by atoms with E-state index < -0.39 is 0 Å². The lowest BCUT2D eigenvalue weighted by Crippen LogP contribution is -1.86. The van der Waals surface area contributed by atoms with Gasteiger partial charge in [0.25, 0.3) is 0 Å². The van der Waals surface area contributed by atoms with Crippen molar-refractivity contribution in [1.29, 1.82) is 0 Å². The molecule has 0 atom stereocenters. The maximum atomic E-state index is 5.01. The number of hydrogen-bond acceptors (Lipinski definition) is 2. The van der Waals surface area contributed by atoms with Crippen molar-refractivity contribution in [2.45, 2.75) is 7.43 Å². The summed E-state index contributed by atoms with van der Waals surface area (Å²) in [7, 11) is 1.62. The van der Waals surface area contributed by atoms with Crippen molar-refractivity contribution in [1.82, 2.24) is 4.98 Å². The van der Waals surface area contributed by atoms with E-state index in [2.05, 4.69) is 4.98 Å². The van der Waals surface area contributed by atoms with E-state index in [0.717, 1.165) is 10.9 Å². The summed E-state index contributed by atoms with van der Waals surface area (Å²) in [6.45, 7) is 0. The summed E-state index contributed by atoms with van der Waals surface area (Å²) in [6.07, 6.45) is 0. The van der Waals surface area contributed by atoms with Gasteiger partial charge in [0, 0.05) is 11.5 Å². The third-order valence-electron chi connectivity index (χ3n) is 1.78. The molecule has 2 rings (SSSR count). The molecule has 0 radical (unpaired) electrons. The first-order chi connectivity index (χ1) is 5.90. The van der Waals surface area contributed by atoms with Crippen LogP contribution in [0.25, 0.3) is 10.9 Å². The van der Waals surface area contributed by atoms with E-state index in [1.54, 1.807) is 7.11 Å². The van der Waals surface area contributed by atoms with Crippen molar-refractivity contribution < 1.29 is 4.74 Å². The molecule has 0 spiro atoms. The van der Waals surface area contributed by atoms with Gasteiger partial charge < -0.3 is 4.74 Å². The minimum absolute atomic E-state index is 0. The number of benzene rings is 1. The Bertz CT molecular complexity index is 398. The number of ether oxygens (including phenoxy) is 1. The average Bonchev–Trinajstić information content (AvgIpc) is 2.17. The molecule has 2 nitrogen and oxygen atoms in total. The fraction of sp³-hybridized carbons (Fsp3) is 0.182. The SMILES string of the molecule is C.COc1ccc2ccccc2n1. The zero-order valence-corrected chi connectivity index (χ0v) is 6.82. The van der Waals surface area contributed by atoms with Gasteiger partial charge in [-0.1, -0.05) is 25.6 Å². The van der Waals surface area contributed by atoms with Crippen LogP contribution >= 0.6 is 0 Å². The Morgan fingerprint density at radius 2 is 1.85 bits per heavy atom. The van der Waals surface area contributed by atoms with Gasteiger partial charge in [0.1, 0.15) is 0 Å². The van der Waals surface area contributed by atoms with E-state index in [1.165, 1.54) is 0 Å². The van der Waals surface area contributed by atoms with E-state index in [4.69, 9.17) is 4.74 Å². The number of para-hydroxylation sites is 1. The van der Waals surface area contributed by atoms with Crippen molar-refractivity contribution in [2.24, 2.45) is 0 Å². The Kier molecular flexibility index (Phi) is 2.85. The fourth-order valence-corrected chi connectivity index (χ4v) is 1.16. The smallest absolute Gasteiger partial charge is 0.213 e. The summed E-state index contributed by atoms with van der Waals surface area (Å²) in [5.74, 6) is 0.661. The Morgan fingerprint density at radius 1 is 1.08 bits per heavy atom. The lowest BCUT2D eigenvalue weighted by Gasteiger charge is -1.99. The Balaban J connectivity index is 0.000000845. The highest BCUT2D eigenvalue weighted by molar-refractivity contribution is 5.78. The van der Waals surface area contributed by atoms with Crippen LogP contribution < -0.4 is 4.74 Å². The molecule has 2 heteroatoms. The van der Waals surface area contributed by atoms with E-state index in [0.29, 0.717) is 5.88 Å². The molecule has 0 unspecified atom stereocenters. The zero-order chi connectivity index (χ0) is 8.39. The molecule has 13 heavy (non-hydrogen) atoms. The third-order valence-corrected chi connectivity index (χ3v) is 1.78. The molecule has 0 aliphatic rings. The average molecular weight is 175 g/mol. The second-order valence-electron chi connectivity index (χ2n) is 2.55. The molecule has 0 saturated heterocycles. The number of nitrogens with zero attached hydrogens (tertiary/aromatic N) is 1. The van der Waals surface area contributed by atoms with E-state index in [9.17, 15) is 0 Å². The van der Waals surface area contributed by atoms with Gasteiger partial charge in [-0.05, 0) is 12.1 Å². The summed E-state index contributed by atoms with van der Waals surface area (Å²) < 4.78 is 5.01. The van der Waals surface area contributed by atoms with E-state index >= 15 is 0 Å². The molecule has 1 aromatic carbocycles. The minimum Gasteiger partial charge on any atom is -0.481 e. The number of fused-ring (bicyclic) bond motifs is 1. The molecule has 0 N–H and O–H groups in total. The molecule has 2 aromatic rings. The summed E-state index contributed by atoms with van der Waals surface area (Å²) in [4.78, 5) is 4.27. The highest BCUT2D eigenvalue weighted by Crippen LogP contribution is 2.15. The van der Waals surface area contributed by atoms with Crippen LogP contribution in [0.5, 0.6) is 5.88 Å². The highest BCUT2D eigenvalue weighted by Gasteiger charge is 1.94. The highest BCUT2D eigenvalue weighted by atomic mass is 16.5. The van der Waals surface area contributed by atoms with Crippen molar-refractivity contribution in [3.8, 4) is 5.88 Å². The summed E-state index contributed by atoms with van der Waals surface area (Å²) in [5, 5.41) is 1.14. The van der Waals surface area contributed by atoms with Crippen molar-refractivity contribution >= 4 is 10.9 Å². The van der Waals surface area contributed by atoms with Crippen LogP contribution in [-0.2, 0) is 0 Å². The summed E-state index contributed by atoms with van der Waals surface area (Å²) >= 11 is 0. The Labute approximate surface area is 78.2 Å². The summed E-state index contributed by atoms with van der Waals surface area (Å²) in [6, 6.07) is 11.8. The number of pyridine rings is 1. The molecular weight excluding hydrogens is 162 g/mol. The first-order valence-corrected chi connectivity index (χ1v) is 3.80. The normalized spacial score (nSPS) is 9.31. The van der Waals surface area contributed by atoms with Gasteiger partial charge in [-0.2, -0.15) is 0 Å². The predicted octanol–water partition coefficient (Wildman–Crippen LogP) is 2.88. The Hall–Kier alpha value is -1.57. The van der Waals surface area contributed by atoms with Gasteiger partial charge in [0.15, 0.2) is 0 Å². The van der Waals surface area contributed by atoms with Gasteiger partial charge in [-0.15, -0.1) is 0 Å². The lowest BCUT2D eigenvalue weighted by molar-refractivity contribution is 0.399. The quantitative estimate of drug-likeness (QED) is 0.664. The van der Waals surface area contributed by atoms with Crippen molar-refractivity contribution in [3.63, 3.8) is 0 Å². The second kappa shape index (κ2) is 3.90. The van der Waals surface area contributed by atoms with Gasteiger partial charge in [-0.25, -0.2) is 4.98 Å². The lowest BCUT2D eigenvalue weighted by atomic mass is 10.2. The topological polar surface area (TPSA) is 22.1 Å². The maximum Gasteiger partial charge on any atom is 0.213 e. The molecule has 68 valence electrons. The summed E-state index contributed by atoms with van der Waals surface area (Å²) in [5.41, 5.74) is 0.969. The van der Waals surface area contributed by atoms with Gasteiger partial charge >= 0.3 is 0 Å². The number of rotatable bonds is 1. The standard InChI is InChI=1S/C10H9NO.CH4/c1-12-10-7-6-8-4-2-3-5-9(8)11-10;/h2-7H,1H3;1H4. The largest absolute Gasteiger partial charge is 0.481 e. The number of methoxy groups -OCH3 is 1. The van der Waals surface area contributed by atoms with Crippen LogP contribution in [0.4, 0.5) is 0 Å². The van der Waals surface area contributed by atoms with Gasteiger partial charge in [0.2, 0.25) is 5.88 Å². The van der Waals surface area contributed by atoms with Gasteiger partial charge in [0.05, 0.1) is 12.6 Å². The van der Waals surface area contributed by atoms with Crippen LogP contribution in [0.2, 0.25) is 0 Å². The first-order valence-electron chi connectivity index (χ1n) is 3.80. The monoisotopic (exact) mass is 175 g/mol. The molecule has 0 fully saturated rings. The Morgan fingerprint density at radius 3 is 2.62 bits per heavy atom. The first kappa shape index (κ1) is 9.52. The number of aromatic nitrogens is 1. The minimum atomic E-state index is 0. The zero-order valence-electron chi connectivity index (χ0n) is 6.82. The molecule has 1 heterocycles. The number of hydrogen-bond donors (Lipinski definition) is 0. The maximum absolute atomic E-state index is 5.01. The van der Waals surface area contributed by atoms with Crippen LogP contribution in [0, 0.1) is 0 Å². The van der Waals surface area contributed by atoms with E-state index in [-0.39, 0.29) is 7.43 Å². The molecule has 0 amide bonds. The molecule has 0 aliphatic heterocycles. The van der Waals surface area contributed by atoms with E-state index in [1.807, 2.05) is 36.4 Å². The van der Waals surface area contributed by atoms with Crippen molar-refractivity contribution in [2.75, 3.05) is 7.11 Å². The fourth-order valence-electron chi connectivity index (χ4n) is 1.16. The molecule has 0 saturated carbocycles. The van der Waals surface area contributed by atoms with Crippen molar-refractivity contribution in [3.05, 3.63) is 36.4 Å². The van der Waals surface area contributed by atoms with Crippen LogP contribution in [0.3, 0.4) is 0 Å². The van der Waals surface area contributed by atoms with Crippen LogP contribution in [0.1, 0.15) is 7.43 Å². The molecule has 0 aliphatic carbocycles. The second-order valence-corrected chi connectivity index (χ2v) is 2.55. The molecule has 0 bridgehead atoms.